The van der Waals surface area contributed by atoms with Crippen molar-refractivity contribution in [3.05, 3.63) is 12.0 Å². The van der Waals surface area contributed by atoms with Crippen LogP contribution in [0.15, 0.2) is 16.4 Å². The summed E-state index contributed by atoms with van der Waals surface area (Å²) in [6.45, 7) is 3.31. The third-order valence-corrected chi connectivity index (χ3v) is 3.57. The van der Waals surface area contributed by atoms with Gasteiger partial charge in [0.1, 0.15) is 5.82 Å². The molecule has 0 saturated heterocycles. The molecule has 17 heavy (non-hydrogen) atoms. The minimum Gasteiger partial charge on any atom is -0.409 e. The summed E-state index contributed by atoms with van der Waals surface area (Å²) in [6, 6.07) is -0.807. The third kappa shape index (κ3) is 3.17. The SMILES string of the molecule is CCc1ncc(S(=O)(=O)NC(C)/C(N)=N/O)[nH]1. The van der Waals surface area contributed by atoms with Crippen molar-refractivity contribution in [1.82, 2.24) is 14.7 Å². The van der Waals surface area contributed by atoms with Crippen molar-refractivity contribution in [2.75, 3.05) is 0 Å². The van der Waals surface area contributed by atoms with Gasteiger partial charge in [0, 0.05) is 6.42 Å². The van der Waals surface area contributed by atoms with Gasteiger partial charge in [-0.05, 0) is 6.92 Å². The Hall–Kier alpha value is -1.61. The molecule has 1 aromatic heterocycles. The number of imidazole rings is 1. The summed E-state index contributed by atoms with van der Waals surface area (Å²) >= 11 is 0. The Morgan fingerprint density at radius 3 is 2.88 bits per heavy atom. The van der Waals surface area contributed by atoms with Crippen LogP contribution >= 0.6 is 0 Å². The average Bonchev–Trinajstić information content (AvgIpc) is 2.76. The van der Waals surface area contributed by atoms with Crippen LogP contribution in [0.5, 0.6) is 0 Å². The highest BCUT2D eigenvalue weighted by molar-refractivity contribution is 7.89. The largest absolute Gasteiger partial charge is 0.409 e. The van der Waals surface area contributed by atoms with E-state index < -0.39 is 16.1 Å². The minimum absolute atomic E-state index is 0.0491. The molecular weight excluding hydrogens is 246 g/mol. The highest BCUT2D eigenvalue weighted by Gasteiger charge is 2.21. The van der Waals surface area contributed by atoms with Gasteiger partial charge in [0.15, 0.2) is 10.9 Å². The van der Waals surface area contributed by atoms with Gasteiger partial charge in [-0.25, -0.2) is 13.4 Å². The fraction of sp³-hybridized carbons (Fsp3) is 0.500. The van der Waals surface area contributed by atoms with E-state index in [9.17, 15) is 8.42 Å². The fourth-order valence-corrected chi connectivity index (χ4v) is 2.26. The standard InChI is InChI=1S/C8H15N5O3S/c1-3-6-10-4-7(11-6)17(15,16)13-5(2)8(9)12-14/h4-5,13-14H,3H2,1-2H3,(H2,9,12)(H,10,11). The highest BCUT2D eigenvalue weighted by Crippen LogP contribution is 2.06. The molecule has 5 N–H and O–H groups in total. The number of aromatic nitrogens is 2. The summed E-state index contributed by atoms with van der Waals surface area (Å²) in [5, 5.41) is 11.1. The molecule has 0 radical (unpaired) electrons. The first-order valence-corrected chi connectivity index (χ1v) is 6.42. The number of amidine groups is 1. The molecule has 96 valence electrons. The number of H-pyrrole nitrogens is 1. The van der Waals surface area contributed by atoms with E-state index in [0.717, 1.165) is 0 Å². The van der Waals surface area contributed by atoms with E-state index in [2.05, 4.69) is 19.8 Å². The summed E-state index contributed by atoms with van der Waals surface area (Å²) in [5.74, 6) is 0.352. The molecule has 8 nitrogen and oxygen atoms in total. The zero-order chi connectivity index (χ0) is 13.1. The summed E-state index contributed by atoms with van der Waals surface area (Å²) in [4.78, 5) is 6.55. The van der Waals surface area contributed by atoms with E-state index in [1.807, 2.05) is 6.92 Å². The molecule has 1 heterocycles. The topological polar surface area (TPSA) is 133 Å². The maximum atomic E-state index is 11.8. The zero-order valence-electron chi connectivity index (χ0n) is 9.51. The monoisotopic (exact) mass is 261 g/mol. The molecule has 0 fully saturated rings. The molecule has 0 spiro atoms. The second-order valence-electron chi connectivity index (χ2n) is 3.42. The number of rotatable bonds is 5. The molecule has 0 aliphatic rings. The van der Waals surface area contributed by atoms with Crippen LogP contribution in [0.2, 0.25) is 0 Å². The first-order valence-electron chi connectivity index (χ1n) is 4.94. The molecule has 0 aromatic carbocycles. The maximum absolute atomic E-state index is 11.8. The lowest BCUT2D eigenvalue weighted by atomic mass is 10.3. The van der Waals surface area contributed by atoms with E-state index >= 15 is 0 Å². The Morgan fingerprint density at radius 1 is 1.76 bits per heavy atom. The average molecular weight is 261 g/mol. The van der Waals surface area contributed by atoms with Gasteiger partial charge in [0.2, 0.25) is 0 Å². The van der Waals surface area contributed by atoms with Gasteiger partial charge in [0.05, 0.1) is 12.2 Å². The molecule has 1 unspecified atom stereocenters. The lowest BCUT2D eigenvalue weighted by Gasteiger charge is -2.11. The Kier molecular flexibility index (Phi) is 4.07. The fourth-order valence-electron chi connectivity index (χ4n) is 1.10. The molecule has 1 atom stereocenters. The van der Waals surface area contributed by atoms with Gasteiger partial charge in [-0.2, -0.15) is 4.72 Å². The van der Waals surface area contributed by atoms with Gasteiger partial charge >= 0.3 is 0 Å². The second kappa shape index (κ2) is 5.15. The number of nitrogens with one attached hydrogen (secondary N) is 2. The molecule has 1 rings (SSSR count). The van der Waals surface area contributed by atoms with Crippen molar-refractivity contribution in [2.24, 2.45) is 10.9 Å². The van der Waals surface area contributed by atoms with E-state index in [0.29, 0.717) is 12.2 Å². The van der Waals surface area contributed by atoms with E-state index in [-0.39, 0.29) is 10.9 Å². The molecule has 0 amide bonds. The number of oxime groups is 1. The molecular formula is C8H15N5O3S. The van der Waals surface area contributed by atoms with Gasteiger partial charge in [0.25, 0.3) is 10.0 Å². The van der Waals surface area contributed by atoms with Crippen LogP contribution in [0.3, 0.4) is 0 Å². The normalized spacial score (nSPS) is 14.8. The van der Waals surface area contributed by atoms with Crippen molar-refractivity contribution < 1.29 is 13.6 Å². The van der Waals surface area contributed by atoms with Gasteiger partial charge in [-0.1, -0.05) is 12.1 Å². The van der Waals surface area contributed by atoms with E-state index in [1.165, 1.54) is 13.1 Å². The predicted octanol–water partition coefficient (Wildman–Crippen LogP) is -0.615. The van der Waals surface area contributed by atoms with Crippen LogP contribution in [-0.2, 0) is 16.4 Å². The zero-order valence-corrected chi connectivity index (χ0v) is 10.3. The predicted molar refractivity (Wildman–Crippen MR) is 61.2 cm³/mol. The van der Waals surface area contributed by atoms with Crippen LogP contribution in [0.1, 0.15) is 19.7 Å². The van der Waals surface area contributed by atoms with Crippen molar-refractivity contribution in [3.63, 3.8) is 0 Å². The van der Waals surface area contributed by atoms with Gasteiger partial charge in [-0.15, -0.1) is 0 Å². The molecule has 9 heteroatoms. The van der Waals surface area contributed by atoms with Gasteiger partial charge < -0.3 is 15.9 Å². The maximum Gasteiger partial charge on any atom is 0.258 e. The minimum atomic E-state index is -3.74. The highest BCUT2D eigenvalue weighted by atomic mass is 32.2. The summed E-state index contributed by atoms with van der Waals surface area (Å²) in [6.07, 6.45) is 1.82. The molecule has 0 bridgehead atoms. The number of aryl methyl sites for hydroxylation is 1. The first-order chi connectivity index (χ1) is 7.90. The quantitative estimate of drug-likeness (QED) is 0.243. The number of nitrogens with two attached hydrogens (primary N) is 1. The van der Waals surface area contributed by atoms with Crippen LogP contribution in [0, 0.1) is 0 Å². The van der Waals surface area contributed by atoms with Crippen LogP contribution in [0.25, 0.3) is 0 Å². The third-order valence-electron chi connectivity index (χ3n) is 2.12. The Morgan fingerprint density at radius 2 is 2.41 bits per heavy atom. The van der Waals surface area contributed by atoms with E-state index in [1.54, 1.807) is 0 Å². The first kappa shape index (κ1) is 13.5. The molecule has 0 aliphatic carbocycles. The van der Waals surface area contributed by atoms with Gasteiger partial charge in [-0.3, -0.25) is 0 Å². The smallest absolute Gasteiger partial charge is 0.258 e. The lowest BCUT2D eigenvalue weighted by Crippen LogP contribution is -2.42. The summed E-state index contributed by atoms with van der Waals surface area (Å²) in [5.41, 5.74) is 5.28. The molecule has 1 aromatic rings. The van der Waals surface area contributed by atoms with Crippen molar-refractivity contribution in [3.8, 4) is 0 Å². The molecule has 0 saturated carbocycles. The Bertz CT molecular complexity index is 507. The number of hydrogen-bond acceptors (Lipinski definition) is 5. The summed E-state index contributed by atoms with van der Waals surface area (Å²) in [7, 11) is -3.74. The van der Waals surface area contributed by atoms with Crippen molar-refractivity contribution >= 4 is 15.9 Å². The van der Waals surface area contributed by atoms with Crippen molar-refractivity contribution in [1.29, 1.82) is 0 Å². The number of nitrogens with zero attached hydrogens (tertiary/aromatic N) is 2. The van der Waals surface area contributed by atoms with Crippen LogP contribution in [-0.4, -0.2) is 35.5 Å². The molecule has 0 aliphatic heterocycles. The van der Waals surface area contributed by atoms with E-state index in [4.69, 9.17) is 10.9 Å². The second-order valence-corrected chi connectivity index (χ2v) is 5.10. The Balaban J connectivity index is 2.89. The van der Waals surface area contributed by atoms with Crippen LogP contribution in [0.4, 0.5) is 0 Å². The lowest BCUT2D eigenvalue weighted by molar-refractivity contribution is 0.316. The number of aromatic amines is 1. The summed E-state index contributed by atoms with van der Waals surface area (Å²) < 4.78 is 25.9. The number of sulfonamides is 1. The Labute approximate surface area is 99.0 Å². The van der Waals surface area contributed by atoms with Crippen molar-refractivity contribution in [2.45, 2.75) is 31.3 Å². The number of hydrogen-bond donors (Lipinski definition) is 4. The van der Waals surface area contributed by atoms with Crippen LogP contribution < -0.4 is 10.5 Å².